The average Bonchev–Trinajstić information content (AvgIpc) is 3.44. The number of halogens is 1. The van der Waals surface area contributed by atoms with Crippen molar-refractivity contribution in [2.24, 2.45) is 11.1 Å². The number of hydrogen-bond acceptors (Lipinski definition) is 17. The number of ketones is 2. The van der Waals surface area contributed by atoms with Gasteiger partial charge in [-0.15, -0.1) is 11.8 Å². The second-order valence-electron chi connectivity index (χ2n) is 12.5. The van der Waals surface area contributed by atoms with Gasteiger partial charge in [-0.1, -0.05) is 28.1 Å². The lowest BCUT2D eigenvalue weighted by Gasteiger charge is -2.49. The van der Waals surface area contributed by atoms with E-state index in [4.69, 9.17) is 27.9 Å². The molecule has 0 radical (unpaired) electrons. The zero-order valence-corrected chi connectivity index (χ0v) is 30.8. The van der Waals surface area contributed by atoms with Crippen LogP contribution in [0.3, 0.4) is 0 Å². The Bertz CT molecular complexity index is 2190. The highest BCUT2D eigenvalue weighted by Crippen LogP contribution is 2.45. The maximum absolute atomic E-state index is 13.5. The number of thiazole rings is 1. The number of carbonyl (C=O) groups excluding carboxylic acids is 3. The van der Waals surface area contributed by atoms with E-state index in [9.17, 15) is 49.3 Å². The molecule has 0 saturated carbocycles. The molecule has 1 unspecified atom stereocenters. The third-order valence-electron chi connectivity index (χ3n) is 8.22. The first-order valence-electron chi connectivity index (χ1n) is 15.8. The van der Waals surface area contributed by atoms with E-state index in [0.717, 1.165) is 28.5 Å². The van der Waals surface area contributed by atoms with Crippen molar-refractivity contribution in [2.45, 2.75) is 50.6 Å². The fourth-order valence-corrected chi connectivity index (χ4v) is 7.69. The van der Waals surface area contributed by atoms with Gasteiger partial charge >= 0.3 is 11.9 Å². The number of β-lactam (4-membered cyclic amide) rings is 1. The number of carboxylic acids is 2. The van der Waals surface area contributed by atoms with Gasteiger partial charge in [0.2, 0.25) is 16.9 Å². The number of amides is 1. The van der Waals surface area contributed by atoms with Gasteiger partial charge in [0.05, 0.1) is 17.5 Å². The van der Waals surface area contributed by atoms with Crippen molar-refractivity contribution < 1.29 is 53.9 Å². The number of nitrogen functional groups attached to an aromatic ring is 2. The van der Waals surface area contributed by atoms with Crippen LogP contribution in [0, 0.1) is 5.92 Å². The zero-order chi connectivity index (χ0) is 39.6. The molecular formula is C31H33ClN9O11S2+. The minimum Gasteiger partial charge on any atom is -0.503 e. The van der Waals surface area contributed by atoms with E-state index in [-0.39, 0.29) is 64.1 Å². The second kappa shape index (κ2) is 15.7. The minimum absolute atomic E-state index is 0.00130. The van der Waals surface area contributed by atoms with Crippen LogP contribution in [0.1, 0.15) is 49.3 Å². The van der Waals surface area contributed by atoms with Crippen molar-refractivity contribution in [2.75, 3.05) is 29.1 Å². The molecule has 0 bridgehead atoms. The second-order valence-corrected chi connectivity index (χ2v) is 15.2. The molecule has 2 aliphatic rings. The Balaban J connectivity index is 1.26. The van der Waals surface area contributed by atoms with Crippen molar-refractivity contribution in [3.63, 3.8) is 0 Å². The largest absolute Gasteiger partial charge is 0.503 e. The summed E-state index contributed by atoms with van der Waals surface area (Å²) in [5, 5.41) is 44.9. The van der Waals surface area contributed by atoms with E-state index >= 15 is 0 Å². The molecule has 0 spiro atoms. The number of rotatable bonds is 16. The molecule has 2 atom stereocenters. The van der Waals surface area contributed by atoms with Crippen LogP contribution in [0.5, 0.6) is 5.75 Å². The lowest BCUT2D eigenvalue weighted by atomic mass is 9.89. The molecule has 3 aromatic rings. The van der Waals surface area contributed by atoms with Gasteiger partial charge in [0, 0.05) is 36.8 Å². The molecule has 2 aliphatic heterocycles. The molecule has 9 N–H and O–H groups in total. The molecule has 23 heteroatoms. The number of nitrogens with zero attached hydrogens (tertiary/aromatic N) is 6. The number of fused-ring (bicyclic) bond motifs is 1. The number of nitrogens with one attached hydrogen (secondary N) is 1. The summed E-state index contributed by atoms with van der Waals surface area (Å²) in [7, 11) is 0. The van der Waals surface area contributed by atoms with Gasteiger partial charge in [0.25, 0.3) is 12.1 Å². The molecule has 1 fully saturated rings. The summed E-state index contributed by atoms with van der Waals surface area (Å²) >= 11 is 8.31. The molecule has 20 nitrogen and oxygen atoms in total. The minimum atomic E-state index is -1.83. The number of carboxylic acid groups (broad SMARTS) is 2. The lowest BCUT2D eigenvalue weighted by molar-refractivity contribution is -0.691. The number of aliphatic carboxylic acids is 2. The van der Waals surface area contributed by atoms with Crippen LogP contribution in [-0.2, 0) is 30.6 Å². The maximum atomic E-state index is 13.5. The third kappa shape index (κ3) is 8.24. The number of anilines is 3. The first-order chi connectivity index (χ1) is 25.4. The highest BCUT2D eigenvalue weighted by atomic mass is 35.5. The van der Waals surface area contributed by atoms with Gasteiger partial charge in [0.15, 0.2) is 28.2 Å². The fourth-order valence-electron chi connectivity index (χ4n) is 5.36. The molecule has 0 aromatic carbocycles. The molecule has 1 amide bonds. The molecule has 54 heavy (non-hydrogen) atoms. The molecule has 5 rings (SSSR count). The SMILES string of the molecule is CC(C)(O/N=C(\C(=O)C[C@@H]1C(=O)N2C(C(=O)O)=C(C[n+]3cnc(N)c(NCCCC(=O)c4cc(=O)c(O)cn4O)c3)CSC12)c1nc(N)sc1Cl)C(=O)O. The van der Waals surface area contributed by atoms with Crippen molar-refractivity contribution in [3.8, 4) is 5.75 Å². The number of nitrogens with two attached hydrogens (primary N) is 2. The van der Waals surface area contributed by atoms with E-state index in [1.54, 1.807) is 10.8 Å². The number of aromatic hydroxyl groups is 1. The van der Waals surface area contributed by atoms with Crippen LogP contribution in [-0.4, -0.2) is 98.5 Å². The summed E-state index contributed by atoms with van der Waals surface area (Å²) in [6.45, 7) is 2.64. The van der Waals surface area contributed by atoms with E-state index in [1.807, 2.05) is 0 Å². The van der Waals surface area contributed by atoms with Crippen LogP contribution >= 0.6 is 34.7 Å². The third-order valence-corrected chi connectivity index (χ3v) is 10.7. The van der Waals surface area contributed by atoms with Gasteiger partial charge in [-0.3, -0.25) is 24.1 Å². The molecule has 3 aromatic heterocycles. The summed E-state index contributed by atoms with van der Waals surface area (Å²) in [5.41, 5.74) is 8.71. The van der Waals surface area contributed by atoms with Gasteiger partial charge < -0.3 is 42.1 Å². The Hall–Kier alpha value is -5.74. The highest BCUT2D eigenvalue weighted by Gasteiger charge is 2.54. The molecule has 0 aliphatic carbocycles. The first-order valence-corrected chi connectivity index (χ1v) is 18.0. The standard InChI is InChI=1S/C31H32ClN9O11S2/c1-31(2,29(49)50)52-38-21(22-24(32)54-30(34)37-22)19(44)6-14-26(46)41-23(28(47)48)13(11-53-27(14)41)8-39-9-15(25(33)36-12-39)35-5-3-4-17(42)16-7-18(43)20(45)10-40(16)51/h7,9-10,12,14,27,33,35,51H,3-6,8,11H2,1-2H3,(H5,34,37,45,47,48,49,50)/p+1/b38-21+/t14-,27?/m1/s1. The van der Waals surface area contributed by atoms with Gasteiger partial charge in [-0.25, -0.2) is 19.1 Å². The van der Waals surface area contributed by atoms with Crippen LogP contribution in [0.2, 0.25) is 4.34 Å². The van der Waals surface area contributed by atoms with Crippen LogP contribution in [0.15, 0.2) is 46.0 Å². The van der Waals surface area contributed by atoms with E-state index in [1.165, 1.54) is 31.9 Å². The fraction of sp³-hybridized carbons (Fsp3) is 0.355. The van der Waals surface area contributed by atoms with Crippen molar-refractivity contribution in [1.29, 1.82) is 0 Å². The number of Topliss-reactive ketones (excluding diaryl/α,β-unsaturated/α-hetero) is 2. The van der Waals surface area contributed by atoms with Crippen molar-refractivity contribution in [3.05, 3.63) is 62.0 Å². The Labute approximate surface area is 317 Å². The van der Waals surface area contributed by atoms with E-state index in [2.05, 4.69) is 20.4 Å². The quantitative estimate of drug-likeness (QED) is 0.0201. The Morgan fingerprint density at radius 3 is 2.59 bits per heavy atom. The Morgan fingerprint density at radius 2 is 1.94 bits per heavy atom. The van der Waals surface area contributed by atoms with Crippen LogP contribution in [0.4, 0.5) is 16.6 Å². The van der Waals surface area contributed by atoms with Crippen LogP contribution < -0.4 is 26.8 Å². The molecule has 1 saturated heterocycles. The predicted molar refractivity (Wildman–Crippen MR) is 192 cm³/mol. The summed E-state index contributed by atoms with van der Waals surface area (Å²) in [4.78, 5) is 89.7. The first kappa shape index (κ1) is 39.5. The topological polar surface area (TPSA) is 307 Å². The monoisotopic (exact) mass is 806 g/mol. The number of oxime groups is 1. The van der Waals surface area contributed by atoms with Gasteiger partial charge in [0.1, 0.15) is 39.9 Å². The van der Waals surface area contributed by atoms with E-state index < -0.39 is 69.6 Å². The average molecular weight is 807 g/mol. The number of hydrogen-bond donors (Lipinski definition) is 7. The molecule has 286 valence electrons. The predicted octanol–water partition coefficient (Wildman–Crippen LogP) is 0.936. The van der Waals surface area contributed by atoms with Gasteiger partial charge in [-0.05, 0) is 25.3 Å². The summed E-state index contributed by atoms with van der Waals surface area (Å²) in [6, 6.07) is 0.831. The molecular weight excluding hydrogens is 774 g/mol. The van der Waals surface area contributed by atoms with Crippen LogP contribution in [0.25, 0.3) is 0 Å². The van der Waals surface area contributed by atoms with E-state index in [0.29, 0.717) is 16.0 Å². The lowest BCUT2D eigenvalue weighted by Crippen LogP contribution is -2.62. The Kier molecular flexibility index (Phi) is 11.5. The number of carbonyl (C=O) groups is 5. The number of pyridine rings is 1. The Morgan fingerprint density at radius 1 is 1.22 bits per heavy atom. The summed E-state index contributed by atoms with van der Waals surface area (Å²) in [5.74, 6) is -6.05. The van der Waals surface area contributed by atoms with Gasteiger partial charge in [-0.2, -0.15) is 4.73 Å². The van der Waals surface area contributed by atoms with Crippen molar-refractivity contribution in [1.82, 2.24) is 19.6 Å². The summed E-state index contributed by atoms with van der Waals surface area (Å²) < 4.78 is 1.92. The normalized spacial score (nSPS) is 17.1. The summed E-state index contributed by atoms with van der Waals surface area (Å²) in [6.07, 6.45) is 3.42. The zero-order valence-electron chi connectivity index (χ0n) is 28.4. The number of aromatic nitrogens is 4. The smallest absolute Gasteiger partial charge is 0.352 e. The molecule has 5 heterocycles. The van der Waals surface area contributed by atoms with Crippen molar-refractivity contribution >= 4 is 86.5 Å². The maximum Gasteiger partial charge on any atom is 0.352 e. The number of thioether (sulfide) groups is 1. The highest BCUT2D eigenvalue weighted by molar-refractivity contribution is 8.00.